The largest absolute Gasteiger partial charge is 0.342 e. The second-order valence-corrected chi connectivity index (χ2v) is 5.44. The van der Waals surface area contributed by atoms with Crippen LogP contribution >= 0.6 is 0 Å². The molecular weight excluding hydrogens is 282 g/mol. The van der Waals surface area contributed by atoms with E-state index >= 15 is 0 Å². The number of nitrogens with zero attached hydrogens (tertiary/aromatic N) is 3. The Labute approximate surface area is 130 Å². The lowest BCUT2D eigenvalue weighted by atomic mass is 10.1. The summed E-state index contributed by atoms with van der Waals surface area (Å²) in [6.07, 6.45) is 1.16. The van der Waals surface area contributed by atoms with Crippen LogP contribution in [0.15, 0.2) is 24.3 Å². The van der Waals surface area contributed by atoms with Gasteiger partial charge in [-0.3, -0.25) is 14.4 Å². The minimum absolute atomic E-state index is 0.0307. The minimum Gasteiger partial charge on any atom is -0.342 e. The van der Waals surface area contributed by atoms with Gasteiger partial charge < -0.3 is 14.7 Å². The van der Waals surface area contributed by atoms with E-state index in [-0.39, 0.29) is 11.8 Å². The summed E-state index contributed by atoms with van der Waals surface area (Å²) in [4.78, 5) is 39.2. The van der Waals surface area contributed by atoms with Gasteiger partial charge in [0.25, 0.3) is 0 Å². The number of anilines is 1. The molecule has 1 aromatic rings. The van der Waals surface area contributed by atoms with Crippen molar-refractivity contribution in [1.82, 2.24) is 9.80 Å². The molecule has 0 radical (unpaired) electrons. The maximum absolute atomic E-state index is 12.2. The van der Waals surface area contributed by atoms with E-state index in [9.17, 15) is 14.4 Å². The molecule has 118 valence electrons. The van der Waals surface area contributed by atoms with E-state index in [2.05, 4.69) is 0 Å². The Kier molecular flexibility index (Phi) is 5.14. The fourth-order valence-electron chi connectivity index (χ4n) is 2.38. The highest BCUT2D eigenvalue weighted by atomic mass is 16.2. The van der Waals surface area contributed by atoms with Gasteiger partial charge >= 0.3 is 0 Å². The van der Waals surface area contributed by atoms with Crippen LogP contribution in [0, 0.1) is 0 Å². The Morgan fingerprint density at radius 1 is 1.14 bits per heavy atom. The van der Waals surface area contributed by atoms with Crippen LogP contribution in [0.25, 0.3) is 0 Å². The van der Waals surface area contributed by atoms with Crippen LogP contribution in [0.3, 0.4) is 0 Å². The van der Waals surface area contributed by atoms with Gasteiger partial charge in [-0.25, -0.2) is 0 Å². The fourth-order valence-corrected chi connectivity index (χ4v) is 2.38. The van der Waals surface area contributed by atoms with Crippen LogP contribution in [0.5, 0.6) is 0 Å². The number of carbonyl (C=O) groups excluding carboxylic acids is 3. The molecule has 1 heterocycles. The summed E-state index contributed by atoms with van der Waals surface area (Å²) in [7, 11) is 1.72. The smallest absolute Gasteiger partial charge is 0.227 e. The van der Waals surface area contributed by atoms with Crippen molar-refractivity contribution >= 4 is 23.9 Å². The highest BCUT2D eigenvalue weighted by molar-refractivity contribution is 5.90. The molecule has 0 aliphatic carbocycles. The van der Waals surface area contributed by atoms with Gasteiger partial charge in [0.05, 0.1) is 6.42 Å². The molecule has 1 aromatic carbocycles. The number of hydrogen-bond donors (Lipinski definition) is 0. The van der Waals surface area contributed by atoms with Crippen molar-refractivity contribution in [3.63, 3.8) is 0 Å². The number of amides is 3. The van der Waals surface area contributed by atoms with E-state index in [0.29, 0.717) is 32.6 Å². The summed E-state index contributed by atoms with van der Waals surface area (Å²) in [5.41, 5.74) is 1.73. The number of benzene rings is 1. The lowest BCUT2D eigenvalue weighted by molar-refractivity contribution is -0.134. The maximum Gasteiger partial charge on any atom is 0.227 e. The Bertz CT molecular complexity index is 548. The van der Waals surface area contributed by atoms with Crippen molar-refractivity contribution in [1.29, 1.82) is 0 Å². The quantitative estimate of drug-likeness (QED) is 0.762. The van der Waals surface area contributed by atoms with Crippen LogP contribution in [-0.4, -0.2) is 61.3 Å². The van der Waals surface area contributed by atoms with Crippen LogP contribution in [0.4, 0.5) is 5.69 Å². The molecule has 1 saturated heterocycles. The number of hydrogen-bond acceptors (Lipinski definition) is 3. The number of carbonyl (C=O) groups is 3. The molecule has 0 bridgehead atoms. The van der Waals surface area contributed by atoms with E-state index in [1.165, 1.54) is 6.92 Å². The number of piperazine rings is 1. The first-order valence-electron chi connectivity index (χ1n) is 7.31. The zero-order chi connectivity index (χ0) is 16.1. The molecule has 1 fully saturated rings. The van der Waals surface area contributed by atoms with Crippen molar-refractivity contribution in [2.75, 3.05) is 38.1 Å². The molecule has 22 heavy (non-hydrogen) atoms. The second kappa shape index (κ2) is 7.06. The van der Waals surface area contributed by atoms with Crippen molar-refractivity contribution in [2.24, 2.45) is 0 Å². The third-order valence-corrected chi connectivity index (χ3v) is 3.97. The molecular formula is C16H21N3O3. The monoisotopic (exact) mass is 303 g/mol. The molecule has 3 amide bonds. The summed E-state index contributed by atoms with van der Waals surface area (Å²) in [6, 6.07) is 7.42. The van der Waals surface area contributed by atoms with Crippen LogP contribution in [-0.2, 0) is 20.8 Å². The first-order valence-corrected chi connectivity index (χ1v) is 7.31. The molecule has 0 spiro atoms. The molecule has 2 rings (SSSR count). The molecule has 0 unspecified atom stereocenters. The van der Waals surface area contributed by atoms with E-state index in [4.69, 9.17) is 0 Å². The SMILES string of the molecule is CC(=O)N(C)c1ccc(CC(=O)N2CCN(C=O)CC2)cc1. The number of rotatable bonds is 4. The Hall–Kier alpha value is -2.37. The molecule has 0 atom stereocenters. The van der Waals surface area contributed by atoms with Gasteiger partial charge in [0.1, 0.15) is 0 Å². The normalized spacial score (nSPS) is 14.6. The lowest BCUT2D eigenvalue weighted by Gasteiger charge is -2.32. The van der Waals surface area contributed by atoms with Gasteiger partial charge in [0, 0.05) is 45.8 Å². The zero-order valence-electron chi connectivity index (χ0n) is 13.0. The van der Waals surface area contributed by atoms with Crippen molar-refractivity contribution in [3.8, 4) is 0 Å². The van der Waals surface area contributed by atoms with E-state index in [1.807, 2.05) is 24.3 Å². The predicted octanol–water partition coefficient (Wildman–Crippen LogP) is 0.512. The summed E-state index contributed by atoms with van der Waals surface area (Å²) in [5.74, 6) is 0.0371. The maximum atomic E-state index is 12.2. The van der Waals surface area contributed by atoms with Gasteiger partial charge in [0.15, 0.2) is 0 Å². The Morgan fingerprint density at radius 2 is 1.73 bits per heavy atom. The third-order valence-electron chi connectivity index (χ3n) is 3.97. The third kappa shape index (κ3) is 3.84. The average Bonchev–Trinajstić information content (AvgIpc) is 2.54. The standard InChI is InChI=1S/C16H21N3O3/c1-13(21)17(2)15-5-3-14(4-6-15)11-16(22)19-9-7-18(12-20)8-10-19/h3-6,12H,7-11H2,1-2H3. The van der Waals surface area contributed by atoms with E-state index in [1.54, 1.807) is 21.7 Å². The van der Waals surface area contributed by atoms with Gasteiger partial charge in [-0.15, -0.1) is 0 Å². The average molecular weight is 303 g/mol. The zero-order valence-corrected chi connectivity index (χ0v) is 13.0. The lowest BCUT2D eigenvalue weighted by Crippen LogP contribution is -2.48. The molecule has 0 saturated carbocycles. The molecule has 1 aliphatic rings. The van der Waals surface area contributed by atoms with Gasteiger partial charge in [0.2, 0.25) is 18.2 Å². The first-order chi connectivity index (χ1) is 10.5. The first kappa shape index (κ1) is 16.0. The highest BCUT2D eigenvalue weighted by Crippen LogP contribution is 2.15. The molecule has 6 heteroatoms. The second-order valence-electron chi connectivity index (χ2n) is 5.44. The molecule has 6 nitrogen and oxygen atoms in total. The van der Waals surface area contributed by atoms with Crippen molar-refractivity contribution in [2.45, 2.75) is 13.3 Å². The summed E-state index contributed by atoms with van der Waals surface area (Å²) < 4.78 is 0. The van der Waals surface area contributed by atoms with Gasteiger partial charge in [-0.05, 0) is 17.7 Å². The van der Waals surface area contributed by atoms with Gasteiger partial charge in [-0.1, -0.05) is 12.1 Å². The molecule has 0 aromatic heterocycles. The molecule has 0 N–H and O–H groups in total. The van der Waals surface area contributed by atoms with E-state index < -0.39 is 0 Å². The van der Waals surface area contributed by atoms with Crippen LogP contribution in [0.2, 0.25) is 0 Å². The Morgan fingerprint density at radius 3 is 2.23 bits per heavy atom. The van der Waals surface area contributed by atoms with Crippen molar-refractivity contribution < 1.29 is 14.4 Å². The Balaban J connectivity index is 1.92. The fraction of sp³-hybridized carbons (Fsp3) is 0.438. The van der Waals surface area contributed by atoms with Crippen LogP contribution in [0.1, 0.15) is 12.5 Å². The van der Waals surface area contributed by atoms with Crippen molar-refractivity contribution in [3.05, 3.63) is 29.8 Å². The van der Waals surface area contributed by atoms with Gasteiger partial charge in [-0.2, -0.15) is 0 Å². The highest BCUT2D eigenvalue weighted by Gasteiger charge is 2.20. The summed E-state index contributed by atoms with van der Waals surface area (Å²) >= 11 is 0. The van der Waals surface area contributed by atoms with E-state index in [0.717, 1.165) is 17.7 Å². The molecule has 1 aliphatic heterocycles. The minimum atomic E-state index is -0.0307. The summed E-state index contributed by atoms with van der Waals surface area (Å²) in [6.45, 7) is 3.87. The van der Waals surface area contributed by atoms with Crippen LogP contribution < -0.4 is 4.90 Å². The predicted molar refractivity (Wildman–Crippen MR) is 83.4 cm³/mol. The summed E-state index contributed by atoms with van der Waals surface area (Å²) in [5, 5.41) is 0. The topological polar surface area (TPSA) is 60.9 Å².